The first kappa shape index (κ1) is 19.5. The fourth-order valence-corrected chi connectivity index (χ4v) is 5.02. The topological polar surface area (TPSA) is 96.8 Å². The number of aryl methyl sites for hydroxylation is 1. The highest BCUT2D eigenvalue weighted by molar-refractivity contribution is 5.92. The van der Waals surface area contributed by atoms with Crippen LogP contribution in [0.1, 0.15) is 39.0 Å². The summed E-state index contributed by atoms with van der Waals surface area (Å²) in [7, 11) is 0. The molecule has 2 amide bonds. The fourth-order valence-electron chi connectivity index (χ4n) is 5.02. The Balaban J connectivity index is 0.00000245. The standard InChI is InChI=1S/C22H22FN7O.H2/c1-13-5-17-8-22(7-13,20-27-11-24-12-28-20)30(17)21(31)29-16-4-3-14(2)18(6-16)19-25-9-15(23)10-26-19;/h3-4,6,9-13,17H,5,7-8H2,1-2H3,(H,29,31);1H. The zero-order valence-electron chi connectivity index (χ0n) is 17.3. The van der Waals surface area contributed by atoms with Gasteiger partial charge in [0.1, 0.15) is 18.2 Å². The van der Waals surface area contributed by atoms with Crippen LogP contribution in [-0.2, 0) is 5.54 Å². The van der Waals surface area contributed by atoms with Crippen LogP contribution in [0.2, 0.25) is 0 Å². The van der Waals surface area contributed by atoms with Crippen molar-refractivity contribution in [1.29, 1.82) is 0 Å². The number of fused-ring (bicyclic) bond motifs is 2. The Labute approximate surface area is 180 Å². The number of amides is 2. The van der Waals surface area contributed by atoms with Gasteiger partial charge in [0.05, 0.1) is 12.4 Å². The molecule has 2 aromatic heterocycles. The Kier molecular flexibility index (Phi) is 4.60. The summed E-state index contributed by atoms with van der Waals surface area (Å²) in [5.74, 6) is 1.05. The fraction of sp³-hybridized carbons (Fsp3) is 0.364. The summed E-state index contributed by atoms with van der Waals surface area (Å²) in [6.07, 6.45) is 7.87. The highest BCUT2D eigenvalue weighted by Crippen LogP contribution is 2.54. The summed E-state index contributed by atoms with van der Waals surface area (Å²) in [6, 6.07) is 5.52. The van der Waals surface area contributed by atoms with Gasteiger partial charge in [-0.1, -0.05) is 13.0 Å². The van der Waals surface area contributed by atoms with Crippen molar-refractivity contribution in [3.05, 3.63) is 60.5 Å². The number of nitrogens with zero attached hydrogens (tertiary/aromatic N) is 6. The van der Waals surface area contributed by atoms with Gasteiger partial charge in [-0.3, -0.25) is 0 Å². The Morgan fingerprint density at radius 1 is 1.19 bits per heavy atom. The van der Waals surface area contributed by atoms with Crippen molar-refractivity contribution < 1.29 is 10.6 Å². The van der Waals surface area contributed by atoms with E-state index in [0.717, 1.165) is 42.8 Å². The van der Waals surface area contributed by atoms with E-state index in [0.29, 0.717) is 23.3 Å². The van der Waals surface area contributed by atoms with Crippen molar-refractivity contribution in [3.63, 3.8) is 0 Å². The van der Waals surface area contributed by atoms with Crippen LogP contribution in [0.5, 0.6) is 0 Å². The first-order valence-corrected chi connectivity index (χ1v) is 10.3. The molecule has 0 aliphatic carbocycles. The van der Waals surface area contributed by atoms with Gasteiger partial charge in [-0.2, -0.15) is 0 Å². The number of rotatable bonds is 3. The molecule has 1 aromatic carbocycles. The summed E-state index contributed by atoms with van der Waals surface area (Å²) in [5, 5.41) is 3.02. The molecular formula is C22H24FN7O. The lowest BCUT2D eigenvalue weighted by Gasteiger charge is -2.62. The second-order valence-electron chi connectivity index (χ2n) is 8.45. The SMILES string of the molecule is Cc1ccc(NC(=O)N2C3CC(C)CC2(c2ncncn2)C3)cc1-c1ncc(F)cn1.[HH]. The highest BCUT2D eigenvalue weighted by atomic mass is 19.1. The summed E-state index contributed by atoms with van der Waals surface area (Å²) in [5.41, 5.74) is 1.80. The number of urea groups is 1. The van der Waals surface area contributed by atoms with E-state index in [1.165, 1.54) is 12.7 Å². The van der Waals surface area contributed by atoms with Gasteiger partial charge in [-0.25, -0.2) is 34.1 Å². The van der Waals surface area contributed by atoms with Crippen LogP contribution in [0.4, 0.5) is 14.9 Å². The van der Waals surface area contributed by atoms with Crippen LogP contribution in [0.25, 0.3) is 11.4 Å². The molecule has 3 unspecified atom stereocenters. The van der Waals surface area contributed by atoms with Crippen LogP contribution in [0.3, 0.4) is 0 Å². The molecule has 3 atom stereocenters. The maximum absolute atomic E-state index is 13.3. The number of benzene rings is 1. The maximum Gasteiger partial charge on any atom is 0.322 e. The van der Waals surface area contributed by atoms with Gasteiger partial charge < -0.3 is 10.2 Å². The average Bonchev–Trinajstić information content (AvgIpc) is 2.76. The Bertz CT molecular complexity index is 1130. The number of piperidine rings is 1. The average molecular weight is 421 g/mol. The summed E-state index contributed by atoms with van der Waals surface area (Å²) >= 11 is 0. The Hall–Kier alpha value is -3.49. The third-order valence-corrected chi connectivity index (χ3v) is 6.24. The first-order chi connectivity index (χ1) is 15.0. The second-order valence-corrected chi connectivity index (χ2v) is 8.45. The molecule has 8 nitrogen and oxygen atoms in total. The molecule has 2 saturated heterocycles. The smallest absolute Gasteiger partial charge is 0.308 e. The minimum Gasteiger partial charge on any atom is -0.308 e. The van der Waals surface area contributed by atoms with Crippen LogP contribution < -0.4 is 5.32 Å². The van der Waals surface area contributed by atoms with E-state index >= 15 is 0 Å². The molecular weight excluding hydrogens is 397 g/mol. The highest BCUT2D eigenvalue weighted by Gasteiger charge is 2.60. The molecule has 2 bridgehead atoms. The largest absolute Gasteiger partial charge is 0.322 e. The van der Waals surface area contributed by atoms with Gasteiger partial charge >= 0.3 is 6.03 Å². The summed E-state index contributed by atoms with van der Waals surface area (Å²) in [4.78, 5) is 36.0. The third kappa shape index (κ3) is 3.30. The Morgan fingerprint density at radius 2 is 1.94 bits per heavy atom. The van der Waals surface area contributed by atoms with Crippen molar-refractivity contribution in [2.45, 2.75) is 44.7 Å². The van der Waals surface area contributed by atoms with Gasteiger partial charge in [0.2, 0.25) is 0 Å². The third-order valence-electron chi connectivity index (χ3n) is 6.24. The monoisotopic (exact) mass is 421 g/mol. The van der Waals surface area contributed by atoms with Crippen molar-refractivity contribution >= 4 is 11.7 Å². The van der Waals surface area contributed by atoms with Crippen molar-refractivity contribution in [1.82, 2.24) is 29.8 Å². The van der Waals surface area contributed by atoms with E-state index in [1.54, 1.807) is 0 Å². The van der Waals surface area contributed by atoms with E-state index < -0.39 is 11.4 Å². The van der Waals surface area contributed by atoms with E-state index in [2.05, 4.69) is 37.2 Å². The molecule has 2 aliphatic heterocycles. The molecule has 31 heavy (non-hydrogen) atoms. The molecule has 5 rings (SSSR count). The van der Waals surface area contributed by atoms with E-state index in [-0.39, 0.29) is 13.5 Å². The zero-order chi connectivity index (χ0) is 21.6. The van der Waals surface area contributed by atoms with E-state index in [4.69, 9.17) is 0 Å². The molecule has 0 spiro atoms. The van der Waals surface area contributed by atoms with Crippen LogP contribution in [0, 0.1) is 18.7 Å². The first-order valence-electron chi connectivity index (χ1n) is 10.3. The number of hydrogen-bond donors (Lipinski definition) is 1. The van der Waals surface area contributed by atoms with Crippen molar-refractivity contribution in [2.75, 3.05) is 5.32 Å². The zero-order valence-corrected chi connectivity index (χ0v) is 17.3. The molecule has 2 fully saturated rings. The number of halogens is 1. The lowest BCUT2D eigenvalue weighted by molar-refractivity contribution is -0.100. The minimum absolute atomic E-state index is 0. The predicted molar refractivity (Wildman–Crippen MR) is 113 cm³/mol. The molecule has 160 valence electrons. The van der Waals surface area contributed by atoms with Gasteiger partial charge in [0.25, 0.3) is 0 Å². The number of nitrogens with one attached hydrogen (secondary N) is 1. The quantitative estimate of drug-likeness (QED) is 0.688. The van der Waals surface area contributed by atoms with Crippen molar-refractivity contribution in [3.8, 4) is 11.4 Å². The predicted octanol–water partition coefficient (Wildman–Crippen LogP) is 3.95. The lowest BCUT2D eigenvalue weighted by Crippen LogP contribution is -2.70. The van der Waals surface area contributed by atoms with Crippen LogP contribution in [-0.4, -0.2) is 41.9 Å². The van der Waals surface area contributed by atoms with Gasteiger partial charge in [0, 0.05) is 18.7 Å². The molecule has 2 aliphatic rings. The summed E-state index contributed by atoms with van der Waals surface area (Å²) in [6.45, 7) is 4.12. The normalized spacial score (nSPS) is 24.4. The molecule has 0 radical (unpaired) electrons. The Morgan fingerprint density at radius 3 is 2.68 bits per heavy atom. The van der Waals surface area contributed by atoms with Gasteiger partial charge in [0.15, 0.2) is 17.5 Å². The molecule has 4 heterocycles. The lowest BCUT2D eigenvalue weighted by atomic mass is 9.64. The van der Waals surface area contributed by atoms with Crippen LogP contribution in [0.15, 0.2) is 43.2 Å². The summed E-state index contributed by atoms with van der Waals surface area (Å²) < 4.78 is 13.2. The molecule has 3 aromatic rings. The van der Waals surface area contributed by atoms with Gasteiger partial charge in [-0.05, 0) is 49.8 Å². The number of hydrogen-bond acceptors (Lipinski definition) is 6. The van der Waals surface area contributed by atoms with Crippen molar-refractivity contribution in [2.24, 2.45) is 5.92 Å². The second kappa shape index (κ2) is 7.33. The van der Waals surface area contributed by atoms with E-state index in [1.807, 2.05) is 30.0 Å². The van der Waals surface area contributed by atoms with Gasteiger partial charge in [-0.15, -0.1) is 0 Å². The van der Waals surface area contributed by atoms with Crippen LogP contribution >= 0.6 is 0 Å². The number of anilines is 1. The molecule has 0 saturated carbocycles. The number of aromatic nitrogens is 5. The maximum atomic E-state index is 13.3. The minimum atomic E-state index is -0.497. The van der Waals surface area contributed by atoms with E-state index in [9.17, 15) is 9.18 Å². The number of carbonyl (C=O) groups is 1. The molecule has 1 N–H and O–H groups in total. The number of carbonyl (C=O) groups excluding carboxylic acids is 1. The molecule has 9 heteroatoms.